The molecule has 0 aromatic carbocycles. The van der Waals surface area contributed by atoms with Gasteiger partial charge in [-0.25, -0.2) is 0 Å². The van der Waals surface area contributed by atoms with Crippen LogP contribution < -0.4 is 0 Å². The number of carboxylic acid groups (broad SMARTS) is 1. The summed E-state index contributed by atoms with van der Waals surface area (Å²) in [7, 11) is 0. The fourth-order valence-corrected chi connectivity index (χ4v) is 3.89. The van der Waals surface area contributed by atoms with Gasteiger partial charge < -0.3 is 10.0 Å². The number of hydrogen-bond donors (Lipinski definition) is 1. The summed E-state index contributed by atoms with van der Waals surface area (Å²) in [5, 5.41) is 8.83. The molecule has 0 bridgehead atoms. The third-order valence-electron chi connectivity index (χ3n) is 3.89. The maximum absolute atomic E-state index is 10.7. The molecule has 0 aromatic heterocycles. The zero-order valence-corrected chi connectivity index (χ0v) is 11.3. The van der Waals surface area contributed by atoms with Crippen molar-refractivity contribution < 1.29 is 9.90 Å². The van der Waals surface area contributed by atoms with Gasteiger partial charge in [0.2, 0.25) is 0 Å². The molecule has 0 atom stereocenters. The van der Waals surface area contributed by atoms with E-state index in [9.17, 15) is 4.79 Å². The number of aliphatic carboxylic acids is 1. The van der Waals surface area contributed by atoms with Crippen molar-refractivity contribution in [2.24, 2.45) is 5.41 Å². The van der Waals surface area contributed by atoms with Crippen LogP contribution in [0.3, 0.4) is 0 Å². The first kappa shape index (κ1) is 13.2. The highest BCUT2D eigenvalue weighted by Gasteiger charge is 2.43. The third kappa shape index (κ3) is 4.51. The van der Waals surface area contributed by atoms with Crippen LogP contribution in [0, 0.1) is 5.41 Å². The monoisotopic (exact) mass is 257 g/mol. The second kappa shape index (κ2) is 6.10. The molecule has 0 unspecified atom stereocenters. The lowest BCUT2D eigenvalue weighted by Gasteiger charge is -2.26. The minimum Gasteiger partial charge on any atom is -0.481 e. The Morgan fingerprint density at radius 3 is 2.53 bits per heavy atom. The third-order valence-corrected chi connectivity index (χ3v) is 5.18. The lowest BCUT2D eigenvalue weighted by molar-refractivity contribution is -0.138. The molecule has 0 spiro atoms. The van der Waals surface area contributed by atoms with Gasteiger partial charge in [-0.3, -0.25) is 4.79 Å². The van der Waals surface area contributed by atoms with Gasteiger partial charge >= 0.3 is 5.97 Å². The molecule has 1 saturated carbocycles. The molecule has 17 heavy (non-hydrogen) atoms. The Bertz CT molecular complexity index is 260. The molecule has 0 aromatic rings. The van der Waals surface area contributed by atoms with E-state index in [0.29, 0.717) is 6.42 Å². The maximum Gasteiger partial charge on any atom is 0.303 e. The maximum atomic E-state index is 10.7. The van der Waals surface area contributed by atoms with Gasteiger partial charge in [-0.15, -0.1) is 0 Å². The number of nitrogens with zero attached hydrogens (tertiary/aromatic N) is 1. The number of hydrogen-bond acceptors (Lipinski definition) is 3. The van der Waals surface area contributed by atoms with Crippen molar-refractivity contribution in [3.05, 3.63) is 0 Å². The Labute approximate surface area is 108 Å². The van der Waals surface area contributed by atoms with Gasteiger partial charge in [-0.2, -0.15) is 11.8 Å². The van der Waals surface area contributed by atoms with Crippen molar-refractivity contribution in [2.45, 2.75) is 38.5 Å². The van der Waals surface area contributed by atoms with Crippen LogP contribution in [0.4, 0.5) is 0 Å². The molecule has 1 aliphatic carbocycles. The quantitative estimate of drug-likeness (QED) is 0.711. The predicted molar refractivity (Wildman–Crippen MR) is 71.5 cm³/mol. The van der Waals surface area contributed by atoms with Crippen molar-refractivity contribution in [2.75, 3.05) is 31.1 Å². The molecular formula is C13H23NO2S. The van der Waals surface area contributed by atoms with Crippen LogP contribution in [0.15, 0.2) is 0 Å². The summed E-state index contributed by atoms with van der Waals surface area (Å²) in [6.07, 6.45) is 6.72. The Balaban J connectivity index is 1.55. The molecule has 2 rings (SSSR count). The van der Waals surface area contributed by atoms with Crippen LogP contribution in [0.25, 0.3) is 0 Å². The van der Waals surface area contributed by atoms with Gasteiger partial charge in [-0.1, -0.05) is 6.42 Å². The Kier molecular flexibility index (Phi) is 4.74. The molecule has 2 aliphatic rings. The topological polar surface area (TPSA) is 40.5 Å². The minimum absolute atomic E-state index is 0.165. The van der Waals surface area contributed by atoms with Gasteiger partial charge in [0.05, 0.1) is 6.42 Å². The van der Waals surface area contributed by atoms with Crippen LogP contribution in [0.1, 0.15) is 38.5 Å². The van der Waals surface area contributed by atoms with Gasteiger partial charge in [0.15, 0.2) is 0 Å². The standard InChI is InChI=1S/C13H23NO2S/c15-12(16)10-13(4-5-13)11-17-9-8-14-6-2-1-3-7-14/h1-11H2,(H,15,16). The number of likely N-dealkylation sites (tertiary alicyclic amines) is 1. The van der Waals surface area contributed by atoms with E-state index in [4.69, 9.17) is 5.11 Å². The van der Waals surface area contributed by atoms with Crippen molar-refractivity contribution in [1.82, 2.24) is 4.90 Å². The molecule has 1 saturated heterocycles. The van der Waals surface area contributed by atoms with Crippen LogP contribution >= 0.6 is 11.8 Å². The molecule has 1 heterocycles. The van der Waals surface area contributed by atoms with E-state index >= 15 is 0 Å². The van der Waals surface area contributed by atoms with E-state index in [1.165, 1.54) is 44.6 Å². The first-order chi connectivity index (χ1) is 8.20. The number of carboxylic acids is 1. The van der Waals surface area contributed by atoms with Gasteiger partial charge in [-0.05, 0) is 49.9 Å². The smallest absolute Gasteiger partial charge is 0.303 e. The van der Waals surface area contributed by atoms with E-state index in [1.54, 1.807) is 0 Å². The summed E-state index contributed by atoms with van der Waals surface area (Å²) < 4.78 is 0. The minimum atomic E-state index is -0.626. The summed E-state index contributed by atoms with van der Waals surface area (Å²) in [5.41, 5.74) is 0.165. The van der Waals surface area contributed by atoms with Gasteiger partial charge in [0.25, 0.3) is 0 Å². The zero-order valence-electron chi connectivity index (χ0n) is 10.5. The van der Waals surface area contributed by atoms with E-state index in [2.05, 4.69) is 4.90 Å². The predicted octanol–water partition coefficient (Wildman–Crippen LogP) is 2.46. The molecule has 1 N–H and O–H groups in total. The molecule has 98 valence electrons. The average Bonchev–Trinajstić information content (AvgIpc) is 3.05. The normalized spacial score (nSPS) is 23.5. The fraction of sp³-hybridized carbons (Fsp3) is 0.923. The second-order valence-electron chi connectivity index (χ2n) is 5.53. The van der Waals surface area contributed by atoms with Crippen LogP contribution in [0.5, 0.6) is 0 Å². The molecule has 1 aliphatic heterocycles. The number of piperidine rings is 1. The van der Waals surface area contributed by atoms with Crippen LogP contribution in [0.2, 0.25) is 0 Å². The van der Waals surface area contributed by atoms with Crippen molar-refractivity contribution in [3.63, 3.8) is 0 Å². The SMILES string of the molecule is O=C(O)CC1(CSCCN2CCCCC2)CC1. The second-order valence-corrected chi connectivity index (χ2v) is 6.63. The van der Waals surface area contributed by atoms with E-state index < -0.39 is 5.97 Å². The van der Waals surface area contributed by atoms with E-state index in [1.807, 2.05) is 11.8 Å². The highest BCUT2D eigenvalue weighted by Crippen LogP contribution is 2.50. The highest BCUT2D eigenvalue weighted by molar-refractivity contribution is 7.99. The first-order valence-corrected chi connectivity index (χ1v) is 7.88. The lowest BCUT2D eigenvalue weighted by atomic mass is 10.1. The molecule has 0 radical (unpaired) electrons. The van der Waals surface area contributed by atoms with Crippen molar-refractivity contribution >= 4 is 17.7 Å². The molecule has 0 amide bonds. The van der Waals surface area contributed by atoms with Crippen molar-refractivity contribution in [1.29, 1.82) is 0 Å². The number of thioether (sulfide) groups is 1. The van der Waals surface area contributed by atoms with Crippen LogP contribution in [-0.4, -0.2) is 47.1 Å². The Morgan fingerprint density at radius 1 is 1.24 bits per heavy atom. The summed E-state index contributed by atoms with van der Waals surface area (Å²) in [5.74, 6) is 1.59. The summed E-state index contributed by atoms with van der Waals surface area (Å²) in [6, 6.07) is 0. The lowest BCUT2D eigenvalue weighted by Crippen LogP contribution is -2.31. The first-order valence-electron chi connectivity index (χ1n) is 6.72. The zero-order chi connectivity index (χ0) is 12.1. The molecular weight excluding hydrogens is 234 g/mol. The largest absolute Gasteiger partial charge is 0.481 e. The number of rotatable bonds is 7. The van der Waals surface area contributed by atoms with E-state index in [-0.39, 0.29) is 5.41 Å². The Hall–Kier alpha value is -0.220. The van der Waals surface area contributed by atoms with Crippen molar-refractivity contribution in [3.8, 4) is 0 Å². The number of carbonyl (C=O) groups is 1. The molecule has 3 nitrogen and oxygen atoms in total. The summed E-state index contributed by atoms with van der Waals surface area (Å²) in [6.45, 7) is 3.72. The molecule has 4 heteroatoms. The highest BCUT2D eigenvalue weighted by atomic mass is 32.2. The van der Waals surface area contributed by atoms with E-state index in [0.717, 1.165) is 18.6 Å². The van der Waals surface area contributed by atoms with Gasteiger partial charge in [0, 0.05) is 12.3 Å². The summed E-state index contributed by atoms with van der Waals surface area (Å²) >= 11 is 1.95. The Morgan fingerprint density at radius 2 is 1.94 bits per heavy atom. The average molecular weight is 257 g/mol. The van der Waals surface area contributed by atoms with Gasteiger partial charge in [0.1, 0.15) is 0 Å². The van der Waals surface area contributed by atoms with Crippen LogP contribution in [-0.2, 0) is 4.79 Å². The molecule has 2 fully saturated rings. The summed E-state index contributed by atoms with van der Waals surface area (Å²) in [4.78, 5) is 13.3. The fourth-order valence-electron chi connectivity index (χ4n) is 2.54.